The fourth-order valence-electron chi connectivity index (χ4n) is 2.83. The minimum absolute atomic E-state index is 0.0347. The van der Waals surface area contributed by atoms with Gasteiger partial charge in [-0.1, -0.05) is 0 Å². The molecule has 1 aliphatic heterocycles. The van der Waals surface area contributed by atoms with Crippen molar-refractivity contribution >= 4 is 28.8 Å². The molecule has 1 aromatic carbocycles. The van der Waals surface area contributed by atoms with Crippen molar-refractivity contribution in [3.05, 3.63) is 61.3 Å². The lowest BCUT2D eigenvalue weighted by Gasteiger charge is -2.27. The molecular formula is C17H17N3O4S. The first-order valence-corrected chi connectivity index (χ1v) is 8.70. The molecule has 7 nitrogen and oxygen atoms in total. The van der Waals surface area contributed by atoms with Crippen LogP contribution in [0, 0.1) is 17.0 Å². The average molecular weight is 359 g/mol. The lowest BCUT2D eigenvalue weighted by Crippen LogP contribution is -2.42. The molecule has 0 saturated carbocycles. The predicted molar refractivity (Wildman–Crippen MR) is 93.6 cm³/mol. The van der Waals surface area contributed by atoms with Crippen LogP contribution in [-0.2, 0) is 17.8 Å². The van der Waals surface area contributed by atoms with Crippen LogP contribution in [0.25, 0.3) is 0 Å². The summed E-state index contributed by atoms with van der Waals surface area (Å²) in [5.41, 5.74) is 1.84. The molecule has 0 bridgehead atoms. The summed E-state index contributed by atoms with van der Waals surface area (Å²) in [6.07, 6.45) is 0.842. The third-order valence-corrected chi connectivity index (χ3v) is 5.24. The molecule has 1 N–H and O–H groups in total. The highest BCUT2D eigenvalue weighted by Crippen LogP contribution is 2.24. The number of nitro groups is 1. The molecule has 1 aliphatic rings. The first-order valence-electron chi connectivity index (χ1n) is 7.82. The van der Waals surface area contributed by atoms with E-state index in [2.05, 4.69) is 5.32 Å². The average Bonchev–Trinajstić information content (AvgIpc) is 3.06. The molecule has 1 aromatic heterocycles. The Kier molecular flexibility index (Phi) is 4.80. The number of carbonyl (C=O) groups excluding carboxylic acids is 2. The minimum atomic E-state index is -0.490. The molecule has 0 unspecified atom stereocenters. The Hall–Kier alpha value is -2.74. The predicted octanol–water partition coefficient (Wildman–Crippen LogP) is 2.28. The molecule has 2 aromatic rings. The summed E-state index contributed by atoms with van der Waals surface area (Å²) >= 11 is 1.70. The molecule has 25 heavy (non-hydrogen) atoms. The molecule has 8 heteroatoms. The van der Waals surface area contributed by atoms with Crippen molar-refractivity contribution in [3.8, 4) is 0 Å². The number of hydrogen-bond donors (Lipinski definition) is 1. The van der Waals surface area contributed by atoms with E-state index >= 15 is 0 Å². The number of fused-ring (bicyclic) bond motifs is 1. The van der Waals surface area contributed by atoms with E-state index < -0.39 is 10.8 Å². The standard InChI is InChI=1S/C17H17N3O4S/c1-11-8-12(2-3-14(11)20(23)24)17(22)18-9-16(21)19-6-4-15-13(10-19)5-7-25-15/h2-3,5,7-8H,4,6,9-10H2,1H3,(H,18,22). The highest BCUT2D eigenvalue weighted by Gasteiger charge is 2.22. The van der Waals surface area contributed by atoms with Gasteiger partial charge in [0.1, 0.15) is 0 Å². The minimum Gasteiger partial charge on any atom is -0.343 e. The Balaban J connectivity index is 1.58. The highest BCUT2D eigenvalue weighted by atomic mass is 32.1. The fraction of sp³-hybridized carbons (Fsp3) is 0.294. The monoisotopic (exact) mass is 359 g/mol. The summed E-state index contributed by atoms with van der Waals surface area (Å²) < 4.78 is 0. The van der Waals surface area contributed by atoms with Crippen LogP contribution in [0.4, 0.5) is 5.69 Å². The van der Waals surface area contributed by atoms with Gasteiger partial charge >= 0.3 is 0 Å². The van der Waals surface area contributed by atoms with Crippen molar-refractivity contribution in [2.75, 3.05) is 13.1 Å². The molecule has 130 valence electrons. The smallest absolute Gasteiger partial charge is 0.272 e. The van der Waals surface area contributed by atoms with Gasteiger partial charge in [-0.25, -0.2) is 0 Å². The summed E-state index contributed by atoms with van der Waals surface area (Å²) in [4.78, 5) is 37.8. The van der Waals surface area contributed by atoms with E-state index in [4.69, 9.17) is 0 Å². The van der Waals surface area contributed by atoms with Crippen molar-refractivity contribution < 1.29 is 14.5 Å². The van der Waals surface area contributed by atoms with Crippen LogP contribution in [0.2, 0.25) is 0 Å². The Morgan fingerprint density at radius 1 is 1.36 bits per heavy atom. The number of benzene rings is 1. The molecule has 0 radical (unpaired) electrons. The second-order valence-corrected chi connectivity index (χ2v) is 6.88. The summed E-state index contributed by atoms with van der Waals surface area (Å²) in [5, 5.41) is 15.4. The fourth-order valence-corrected chi connectivity index (χ4v) is 3.72. The molecule has 3 rings (SSSR count). The molecule has 0 aliphatic carbocycles. The quantitative estimate of drug-likeness (QED) is 0.669. The van der Waals surface area contributed by atoms with Crippen molar-refractivity contribution in [3.63, 3.8) is 0 Å². The van der Waals surface area contributed by atoms with Gasteiger partial charge in [-0.15, -0.1) is 11.3 Å². The van der Waals surface area contributed by atoms with E-state index in [0.717, 1.165) is 6.42 Å². The summed E-state index contributed by atoms with van der Waals surface area (Å²) in [7, 11) is 0. The van der Waals surface area contributed by atoms with Gasteiger partial charge in [0.25, 0.3) is 11.6 Å². The second-order valence-electron chi connectivity index (χ2n) is 5.88. The number of nitrogens with zero attached hydrogens (tertiary/aromatic N) is 2. The molecule has 0 fully saturated rings. The van der Waals surface area contributed by atoms with E-state index in [9.17, 15) is 19.7 Å². The van der Waals surface area contributed by atoms with Crippen LogP contribution in [0.1, 0.15) is 26.4 Å². The summed E-state index contributed by atoms with van der Waals surface area (Å²) in [6.45, 7) is 2.71. The van der Waals surface area contributed by atoms with Crippen molar-refractivity contribution in [2.24, 2.45) is 0 Å². The molecule has 0 saturated heterocycles. The topological polar surface area (TPSA) is 92.6 Å². The maximum Gasteiger partial charge on any atom is 0.272 e. The van der Waals surface area contributed by atoms with Gasteiger partial charge in [0.05, 0.1) is 11.5 Å². The number of nitrogens with one attached hydrogen (secondary N) is 1. The zero-order valence-electron chi connectivity index (χ0n) is 13.7. The molecule has 0 atom stereocenters. The van der Waals surface area contributed by atoms with Gasteiger partial charge in [0, 0.05) is 35.2 Å². The van der Waals surface area contributed by atoms with E-state index in [1.165, 1.54) is 28.6 Å². The first-order chi connectivity index (χ1) is 12.0. The van der Waals surface area contributed by atoms with Gasteiger partial charge in [0.15, 0.2) is 0 Å². The van der Waals surface area contributed by atoms with Crippen LogP contribution in [0.5, 0.6) is 0 Å². The summed E-state index contributed by atoms with van der Waals surface area (Å²) in [5.74, 6) is -0.552. The van der Waals surface area contributed by atoms with E-state index in [0.29, 0.717) is 24.2 Å². The zero-order chi connectivity index (χ0) is 18.0. The molecule has 2 heterocycles. The Labute approximate surface area is 148 Å². The van der Waals surface area contributed by atoms with E-state index in [1.54, 1.807) is 23.2 Å². The number of amides is 2. The van der Waals surface area contributed by atoms with E-state index in [-0.39, 0.29) is 18.1 Å². The highest BCUT2D eigenvalue weighted by molar-refractivity contribution is 7.10. The lowest BCUT2D eigenvalue weighted by atomic mass is 10.1. The van der Waals surface area contributed by atoms with Crippen LogP contribution >= 0.6 is 11.3 Å². The Bertz CT molecular complexity index is 846. The largest absolute Gasteiger partial charge is 0.343 e. The number of hydrogen-bond acceptors (Lipinski definition) is 5. The molecule has 0 spiro atoms. The van der Waals surface area contributed by atoms with Crippen molar-refractivity contribution in [2.45, 2.75) is 19.9 Å². The van der Waals surface area contributed by atoms with Crippen LogP contribution in [0.3, 0.4) is 0 Å². The van der Waals surface area contributed by atoms with Gasteiger partial charge in [0.2, 0.25) is 5.91 Å². The van der Waals surface area contributed by atoms with Gasteiger partial charge < -0.3 is 10.2 Å². The normalized spacial score (nSPS) is 13.2. The van der Waals surface area contributed by atoms with Crippen LogP contribution in [0.15, 0.2) is 29.6 Å². The van der Waals surface area contributed by atoms with Crippen molar-refractivity contribution in [1.82, 2.24) is 10.2 Å². The van der Waals surface area contributed by atoms with Gasteiger partial charge in [-0.3, -0.25) is 19.7 Å². The Morgan fingerprint density at radius 3 is 2.88 bits per heavy atom. The van der Waals surface area contributed by atoms with Crippen LogP contribution in [-0.4, -0.2) is 34.7 Å². The number of aryl methyl sites for hydroxylation is 1. The molecule has 2 amide bonds. The number of rotatable bonds is 4. The van der Waals surface area contributed by atoms with Gasteiger partial charge in [-0.2, -0.15) is 0 Å². The maximum absolute atomic E-state index is 12.3. The first kappa shape index (κ1) is 17.1. The lowest BCUT2D eigenvalue weighted by molar-refractivity contribution is -0.385. The number of nitro benzene ring substituents is 1. The third kappa shape index (κ3) is 3.69. The van der Waals surface area contributed by atoms with Crippen LogP contribution < -0.4 is 5.32 Å². The number of carbonyl (C=O) groups is 2. The second kappa shape index (κ2) is 7.02. The van der Waals surface area contributed by atoms with E-state index in [1.807, 2.05) is 11.4 Å². The third-order valence-electron chi connectivity index (χ3n) is 4.22. The Morgan fingerprint density at radius 2 is 2.16 bits per heavy atom. The summed E-state index contributed by atoms with van der Waals surface area (Å²) in [6, 6.07) is 6.17. The van der Waals surface area contributed by atoms with Crippen molar-refractivity contribution in [1.29, 1.82) is 0 Å². The maximum atomic E-state index is 12.3. The zero-order valence-corrected chi connectivity index (χ0v) is 14.5. The SMILES string of the molecule is Cc1cc(C(=O)NCC(=O)N2CCc3sccc3C2)ccc1[N+](=O)[O-]. The van der Waals surface area contributed by atoms with Gasteiger partial charge in [-0.05, 0) is 42.5 Å². The molecular weight excluding hydrogens is 342 g/mol. The number of thiophene rings is 1.